The molecule has 7 heteroatoms. The van der Waals surface area contributed by atoms with Gasteiger partial charge in [-0.1, -0.05) is 17.7 Å². The van der Waals surface area contributed by atoms with E-state index < -0.39 is 0 Å². The molecule has 4 nitrogen and oxygen atoms in total. The molecule has 0 spiro atoms. The van der Waals surface area contributed by atoms with Crippen LogP contribution in [-0.2, 0) is 0 Å². The molecular weight excluding hydrogens is 352 g/mol. The number of carbonyl (C=O) groups is 1. The highest BCUT2D eigenvalue weighted by Gasteiger charge is 2.17. The van der Waals surface area contributed by atoms with Crippen LogP contribution in [0.3, 0.4) is 0 Å². The van der Waals surface area contributed by atoms with Crippen LogP contribution >= 0.6 is 34.3 Å². The van der Waals surface area contributed by atoms with E-state index in [0.29, 0.717) is 27.0 Å². The zero-order chi connectivity index (χ0) is 16.4. The van der Waals surface area contributed by atoms with Gasteiger partial charge in [0.05, 0.1) is 28.4 Å². The number of nitrogens with one attached hydrogen (secondary N) is 1. The minimum Gasteiger partial charge on any atom is -0.497 e. The Morgan fingerprint density at radius 1 is 1.35 bits per heavy atom. The van der Waals surface area contributed by atoms with E-state index in [9.17, 15) is 4.79 Å². The van der Waals surface area contributed by atoms with Crippen LogP contribution in [0.1, 0.15) is 15.4 Å². The molecule has 0 unspecified atom stereocenters. The third kappa shape index (κ3) is 3.39. The summed E-state index contributed by atoms with van der Waals surface area (Å²) >= 11 is 9.14. The summed E-state index contributed by atoms with van der Waals surface area (Å²) in [6.45, 7) is 1.83. The van der Waals surface area contributed by atoms with E-state index in [1.807, 2.05) is 24.4 Å². The van der Waals surface area contributed by atoms with Gasteiger partial charge in [0, 0.05) is 6.07 Å². The van der Waals surface area contributed by atoms with Gasteiger partial charge in [-0.25, -0.2) is 4.98 Å². The molecule has 0 saturated carbocycles. The van der Waals surface area contributed by atoms with Crippen molar-refractivity contribution in [3.63, 3.8) is 0 Å². The summed E-state index contributed by atoms with van der Waals surface area (Å²) < 4.78 is 5.10. The van der Waals surface area contributed by atoms with Gasteiger partial charge >= 0.3 is 0 Å². The van der Waals surface area contributed by atoms with Gasteiger partial charge in [-0.3, -0.25) is 4.79 Å². The SMILES string of the molecule is COc1ccc(NC(=O)c2sc(-c3cccs3)nc2C)c(Cl)c1. The molecule has 1 amide bonds. The molecule has 0 atom stereocenters. The number of hydrogen-bond acceptors (Lipinski definition) is 5. The van der Waals surface area contributed by atoms with Crippen LogP contribution in [0, 0.1) is 6.92 Å². The number of halogens is 1. The first-order valence-corrected chi connectivity index (χ1v) is 8.82. The van der Waals surface area contributed by atoms with Crippen molar-refractivity contribution in [2.24, 2.45) is 0 Å². The standard InChI is InChI=1S/C16H13ClN2O2S2/c1-9-14(23-16(18-9)13-4-3-7-22-13)15(20)19-12-6-5-10(21-2)8-11(12)17/h3-8H,1-2H3,(H,19,20). The fourth-order valence-corrected chi connectivity index (χ4v) is 3.99. The highest BCUT2D eigenvalue weighted by molar-refractivity contribution is 7.22. The Hall–Kier alpha value is -1.89. The topological polar surface area (TPSA) is 51.2 Å². The lowest BCUT2D eigenvalue weighted by atomic mass is 10.3. The normalized spacial score (nSPS) is 10.6. The summed E-state index contributed by atoms with van der Waals surface area (Å²) in [6, 6.07) is 9.08. The maximum Gasteiger partial charge on any atom is 0.267 e. The van der Waals surface area contributed by atoms with Crippen molar-refractivity contribution < 1.29 is 9.53 Å². The molecule has 0 radical (unpaired) electrons. The smallest absolute Gasteiger partial charge is 0.267 e. The number of aryl methyl sites for hydroxylation is 1. The van der Waals surface area contributed by atoms with E-state index in [4.69, 9.17) is 16.3 Å². The molecule has 0 aliphatic heterocycles. The molecule has 0 aliphatic carbocycles. The molecule has 23 heavy (non-hydrogen) atoms. The first-order chi connectivity index (χ1) is 11.1. The van der Waals surface area contributed by atoms with E-state index in [0.717, 1.165) is 9.88 Å². The van der Waals surface area contributed by atoms with Crippen molar-refractivity contribution in [2.75, 3.05) is 12.4 Å². The predicted octanol–water partition coefficient (Wildman–Crippen LogP) is 5.09. The number of methoxy groups -OCH3 is 1. The fraction of sp³-hybridized carbons (Fsp3) is 0.125. The summed E-state index contributed by atoms with van der Waals surface area (Å²) in [5.41, 5.74) is 1.25. The van der Waals surface area contributed by atoms with Crippen molar-refractivity contribution in [3.8, 4) is 15.6 Å². The van der Waals surface area contributed by atoms with Crippen LogP contribution in [0.25, 0.3) is 9.88 Å². The molecule has 0 bridgehead atoms. The number of amides is 1. The van der Waals surface area contributed by atoms with Crippen LogP contribution in [0.4, 0.5) is 5.69 Å². The first-order valence-electron chi connectivity index (χ1n) is 6.74. The van der Waals surface area contributed by atoms with E-state index in [1.54, 1.807) is 36.6 Å². The largest absolute Gasteiger partial charge is 0.497 e. The van der Waals surface area contributed by atoms with E-state index in [2.05, 4.69) is 10.3 Å². The van der Waals surface area contributed by atoms with Crippen LogP contribution < -0.4 is 10.1 Å². The van der Waals surface area contributed by atoms with Gasteiger partial charge in [0.25, 0.3) is 5.91 Å². The maximum atomic E-state index is 12.5. The quantitative estimate of drug-likeness (QED) is 0.701. The highest BCUT2D eigenvalue weighted by Crippen LogP contribution is 2.32. The van der Waals surface area contributed by atoms with Gasteiger partial charge in [-0.15, -0.1) is 22.7 Å². The third-order valence-electron chi connectivity index (χ3n) is 3.16. The van der Waals surface area contributed by atoms with Gasteiger partial charge < -0.3 is 10.1 Å². The molecule has 1 N–H and O–H groups in total. The van der Waals surface area contributed by atoms with Gasteiger partial charge in [0.1, 0.15) is 15.6 Å². The molecule has 0 saturated heterocycles. The third-order valence-corrected chi connectivity index (χ3v) is 5.67. The van der Waals surface area contributed by atoms with Crippen molar-refractivity contribution >= 4 is 45.9 Å². The maximum absolute atomic E-state index is 12.5. The van der Waals surface area contributed by atoms with E-state index in [1.165, 1.54) is 11.3 Å². The second-order valence-corrected chi connectivity index (χ2v) is 7.06. The Morgan fingerprint density at radius 3 is 2.83 bits per heavy atom. The Labute approximate surface area is 146 Å². The van der Waals surface area contributed by atoms with Gasteiger partial charge in [0.2, 0.25) is 0 Å². The molecule has 3 aromatic rings. The number of thiophene rings is 1. The van der Waals surface area contributed by atoms with Crippen molar-refractivity contribution in [1.29, 1.82) is 0 Å². The highest BCUT2D eigenvalue weighted by atomic mass is 35.5. The lowest BCUT2D eigenvalue weighted by Crippen LogP contribution is -2.11. The second kappa shape index (κ2) is 6.70. The average Bonchev–Trinajstić information content (AvgIpc) is 3.18. The van der Waals surface area contributed by atoms with Crippen LogP contribution in [-0.4, -0.2) is 18.0 Å². The van der Waals surface area contributed by atoms with Crippen molar-refractivity contribution in [1.82, 2.24) is 4.98 Å². The van der Waals surface area contributed by atoms with Crippen molar-refractivity contribution in [3.05, 3.63) is 51.3 Å². The van der Waals surface area contributed by atoms with E-state index in [-0.39, 0.29) is 5.91 Å². The zero-order valence-corrected chi connectivity index (χ0v) is 14.8. The number of benzene rings is 1. The molecule has 3 rings (SSSR count). The first kappa shape index (κ1) is 16.0. The van der Waals surface area contributed by atoms with Crippen LogP contribution in [0.2, 0.25) is 5.02 Å². The summed E-state index contributed by atoms with van der Waals surface area (Å²) in [5, 5.41) is 6.09. The minimum absolute atomic E-state index is 0.213. The summed E-state index contributed by atoms with van der Waals surface area (Å²) in [7, 11) is 1.57. The molecule has 1 aromatic carbocycles. The summed E-state index contributed by atoms with van der Waals surface area (Å²) in [6.07, 6.45) is 0. The number of carbonyl (C=O) groups excluding carboxylic acids is 1. The Balaban J connectivity index is 1.84. The van der Waals surface area contributed by atoms with Crippen LogP contribution in [0.5, 0.6) is 5.75 Å². The number of hydrogen-bond donors (Lipinski definition) is 1. The lowest BCUT2D eigenvalue weighted by molar-refractivity contribution is 0.103. The average molecular weight is 365 g/mol. The monoisotopic (exact) mass is 364 g/mol. The lowest BCUT2D eigenvalue weighted by Gasteiger charge is -2.08. The molecule has 0 aliphatic rings. The summed E-state index contributed by atoms with van der Waals surface area (Å²) in [5.74, 6) is 0.428. The summed E-state index contributed by atoms with van der Waals surface area (Å²) in [4.78, 5) is 18.6. The predicted molar refractivity (Wildman–Crippen MR) is 96.1 cm³/mol. The number of nitrogens with zero attached hydrogens (tertiary/aromatic N) is 1. The molecule has 2 heterocycles. The zero-order valence-electron chi connectivity index (χ0n) is 12.4. The van der Waals surface area contributed by atoms with Crippen molar-refractivity contribution in [2.45, 2.75) is 6.92 Å². The van der Waals surface area contributed by atoms with Gasteiger partial charge in [-0.2, -0.15) is 0 Å². The molecule has 0 fully saturated rings. The van der Waals surface area contributed by atoms with Gasteiger partial charge in [-0.05, 0) is 30.5 Å². The Bertz CT molecular complexity index is 844. The fourth-order valence-electron chi connectivity index (χ4n) is 2.02. The van der Waals surface area contributed by atoms with E-state index >= 15 is 0 Å². The minimum atomic E-state index is -0.213. The second-order valence-electron chi connectivity index (χ2n) is 4.71. The molecule has 2 aromatic heterocycles. The Morgan fingerprint density at radius 2 is 2.17 bits per heavy atom. The number of ether oxygens (including phenoxy) is 1. The van der Waals surface area contributed by atoms with Gasteiger partial charge in [0.15, 0.2) is 0 Å². The number of rotatable bonds is 4. The molecule has 118 valence electrons. The van der Waals surface area contributed by atoms with Crippen LogP contribution in [0.15, 0.2) is 35.7 Å². The molecular formula is C16H13ClN2O2S2. The number of thiazole rings is 1. The number of aromatic nitrogens is 1. The number of anilines is 1. The Kier molecular flexibility index (Phi) is 4.66.